The lowest BCUT2D eigenvalue weighted by Gasteiger charge is -2.25. The van der Waals surface area contributed by atoms with Gasteiger partial charge in [0.05, 0.1) is 19.0 Å². The first-order valence-electron chi connectivity index (χ1n) is 8.89. The minimum Gasteiger partial charge on any atom is -0.481 e. The molecule has 0 spiro atoms. The van der Waals surface area contributed by atoms with Gasteiger partial charge in [0.2, 0.25) is 23.6 Å². The number of hydrogen-bond donors (Lipinski definition) is 6. The predicted octanol–water partition coefficient (Wildman–Crippen LogP) is -3.27. The normalized spacial score (nSPS) is 17.8. The maximum Gasteiger partial charge on any atom is 0.326 e. The number of hydrogen-bond acceptors (Lipinski definition) is 7. The molecule has 4 amide bonds. The molecule has 1 heterocycles. The van der Waals surface area contributed by atoms with Gasteiger partial charge in [0.15, 0.2) is 0 Å². The van der Waals surface area contributed by atoms with Crippen LogP contribution in [0.1, 0.15) is 32.1 Å². The van der Waals surface area contributed by atoms with Crippen LogP contribution in [0.25, 0.3) is 0 Å². The summed E-state index contributed by atoms with van der Waals surface area (Å²) in [4.78, 5) is 70.3. The molecule has 13 heteroatoms. The summed E-state index contributed by atoms with van der Waals surface area (Å²) >= 11 is 0. The number of rotatable bonds is 11. The molecular weight excluding hydrogens is 390 g/mol. The summed E-state index contributed by atoms with van der Waals surface area (Å²) in [6.45, 7) is -0.257. The Bertz CT molecular complexity index is 682. The molecule has 1 saturated heterocycles. The van der Waals surface area contributed by atoms with E-state index in [1.54, 1.807) is 0 Å². The zero-order valence-corrected chi connectivity index (χ0v) is 15.6. The fourth-order valence-electron chi connectivity index (χ4n) is 2.83. The van der Waals surface area contributed by atoms with Gasteiger partial charge in [0, 0.05) is 13.0 Å². The first kappa shape index (κ1) is 23.8. The Morgan fingerprint density at radius 2 is 1.79 bits per heavy atom. The summed E-state index contributed by atoms with van der Waals surface area (Å²) in [5.41, 5.74) is 10.4. The van der Waals surface area contributed by atoms with E-state index in [0.717, 1.165) is 0 Å². The third kappa shape index (κ3) is 7.73. The van der Waals surface area contributed by atoms with E-state index in [1.165, 1.54) is 4.90 Å². The second-order valence-corrected chi connectivity index (χ2v) is 6.57. The van der Waals surface area contributed by atoms with Crippen molar-refractivity contribution in [2.75, 3.05) is 13.1 Å². The van der Waals surface area contributed by atoms with Gasteiger partial charge in [0.25, 0.3) is 0 Å². The molecule has 1 aliphatic heterocycles. The molecule has 13 nitrogen and oxygen atoms in total. The van der Waals surface area contributed by atoms with Gasteiger partial charge in [-0.15, -0.1) is 0 Å². The number of carboxylic acids is 2. The van der Waals surface area contributed by atoms with Gasteiger partial charge >= 0.3 is 11.9 Å². The van der Waals surface area contributed by atoms with E-state index < -0.39 is 66.7 Å². The first-order valence-corrected chi connectivity index (χ1v) is 8.89. The Hall–Kier alpha value is -3.22. The Labute approximate surface area is 165 Å². The molecule has 1 aliphatic rings. The summed E-state index contributed by atoms with van der Waals surface area (Å²) in [7, 11) is 0. The summed E-state index contributed by atoms with van der Waals surface area (Å²) in [6.07, 6.45) is -0.222. The average molecular weight is 415 g/mol. The smallest absolute Gasteiger partial charge is 0.326 e. The van der Waals surface area contributed by atoms with Crippen molar-refractivity contribution >= 4 is 35.6 Å². The minimum absolute atomic E-state index is 0.186. The summed E-state index contributed by atoms with van der Waals surface area (Å²) in [5, 5.41) is 22.3. The fourth-order valence-corrected chi connectivity index (χ4v) is 2.83. The van der Waals surface area contributed by atoms with Gasteiger partial charge < -0.3 is 37.2 Å². The number of primary amides is 1. The number of nitrogens with two attached hydrogens (primary N) is 2. The zero-order chi connectivity index (χ0) is 22.1. The topological polar surface area (TPSA) is 222 Å². The number of nitrogens with zero attached hydrogens (tertiary/aromatic N) is 1. The second-order valence-electron chi connectivity index (χ2n) is 6.57. The van der Waals surface area contributed by atoms with E-state index in [4.69, 9.17) is 21.7 Å². The highest BCUT2D eigenvalue weighted by Crippen LogP contribution is 2.18. The Morgan fingerprint density at radius 1 is 1.14 bits per heavy atom. The molecule has 3 unspecified atom stereocenters. The number of carbonyl (C=O) groups is 6. The van der Waals surface area contributed by atoms with Crippen molar-refractivity contribution in [3.8, 4) is 0 Å². The van der Waals surface area contributed by atoms with Crippen molar-refractivity contribution in [3.05, 3.63) is 0 Å². The van der Waals surface area contributed by atoms with Gasteiger partial charge in [-0.05, 0) is 19.3 Å². The van der Waals surface area contributed by atoms with Crippen molar-refractivity contribution in [1.82, 2.24) is 15.5 Å². The third-order valence-electron chi connectivity index (χ3n) is 4.31. The molecular formula is C16H25N5O8. The van der Waals surface area contributed by atoms with Crippen LogP contribution < -0.4 is 22.1 Å². The number of aliphatic carboxylic acids is 2. The maximum absolute atomic E-state index is 12.4. The van der Waals surface area contributed by atoms with Crippen molar-refractivity contribution in [2.45, 2.75) is 50.2 Å². The third-order valence-corrected chi connectivity index (χ3v) is 4.31. The molecule has 162 valence electrons. The lowest BCUT2D eigenvalue weighted by molar-refractivity contribution is -0.144. The number of carbonyl (C=O) groups excluding carboxylic acids is 4. The van der Waals surface area contributed by atoms with Crippen molar-refractivity contribution in [3.63, 3.8) is 0 Å². The van der Waals surface area contributed by atoms with E-state index in [-0.39, 0.29) is 19.4 Å². The van der Waals surface area contributed by atoms with Crippen LogP contribution in [0.3, 0.4) is 0 Å². The predicted molar refractivity (Wildman–Crippen MR) is 96.0 cm³/mol. The molecule has 0 bridgehead atoms. The van der Waals surface area contributed by atoms with E-state index >= 15 is 0 Å². The largest absolute Gasteiger partial charge is 0.481 e. The van der Waals surface area contributed by atoms with Gasteiger partial charge in [0.1, 0.15) is 12.1 Å². The van der Waals surface area contributed by atoms with Crippen LogP contribution in [-0.4, -0.2) is 81.9 Å². The van der Waals surface area contributed by atoms with Crippen LogP contribution in [0.4, 0.5) is 0 Å². The lowest BCUT2D eigenvalue weighted by Crippen LogP contribution is -2.53. The van der Waals surface area contributed by atoms with Gasteiger partial charge in [-0.25, -0.2) is 4.79 Å². The minimum atomic E-state index is -1.34. The van der Waals surface area contributed by atoms with Crippen LogP contribution in [0.2, 0.25) is 0 Å². The van der Waals surface area contributed by atoms with Crippen molar-refractivity contribution < 1.29 is 39.0 Å². The molecule has 1 fully saturated rings. The standard InChI is InChI=1S/C16H25N5O8/c17-8(6-13(24)25)14(26)19-7-12(23)21-5-1-2-10(21)15(27)20-9(16(28)29)3-4-11(18)22/h8-10H,1-7,17H2,(H2,18,22)(H,19,26)(H,20,27)(H,24,25)(H,28,29). The number of likely N-dealkylation sites (tertiary alicyclic amines) is 1. The number of amides is 4. The molecule has 0 aromatic carbocycles. The molecule has 0 saturated carbocycles. The lowest BCUT2D eigenvalue weighted by atomic mass is 10.1. The van der Waals surface area contributed by atoms with Crippen molar-refractivity contribution in [1.29, 1.82) is 0 Å². The average Bonchev–Trinajstić information content (AvgIpc) is 3.11. The molecule has 0 aliphatic carbocycles. The summed E-state index contributed by atoms with van der Waals surface area (Å²) < 4.78 is 0. The number of nitrogens with one attached hydrogen (secondary N) is 2. The Balaban J connectivity index is 2.64. The highest BCUT2D eigenvalue weighted by molar-refractivity contribution is 5.93. The molecule has 8 N–H and O–H groups in total. The molecule has 0 radical (unpaired) electrons. The zero-order valence-electron chi connectivity index (χ0n) is 15.6. The summed E-state index contributed by atoms with van der Waals surface area (Å²) in [6, 6.07) is -3.58. The summed E-state index contributed by atoms with van der Waals surface area (Å²) in [5.74, 6) is -5.42. The molecule has 0 aromatic heterocycles. The Morgan fingerprint density at radius 3 is 2.34 bits per heavy atom. The molecule has 29 heavy (non-hydrogen) atoms. The fraction of sp³-hybridized carbons (Fsp3) is 0.625. The molecule has 3 atom stereocenters. The SMILES string of the molecule is NC(=O)CCC(NC(=O)C1CCCN1C(=O)CNC(=O)C(N)CC(=O)O)C(=O)O. The van der Waals surface area contributed by atoms with Gasteiger partial charge in [-0.3, -0.25) is 24.0 Å². The van der Waals surface area contributed by atoms with E-state index in [1.807, 2.05) is 0 Å². The van der Waals surface area contributed by atoms with E-state index in [9.17, 15) is 28.8 Å². The van der Waals surface area contributed by atoms with Gasteiger partial charge in [-0.2, -0.15) is 0 Å². The Kier molecular flexibility index (Phi) is 8.99. The monoisotopic (exact) mass is 415 g/mol. The number of carboxylic acid groups (broad SMARTS) is 2. The van der Waals surface area contributed by atoms with Crippen LogP contribution in [0.5, 0.6) is 0 Å². The van der Waals surface area contributed by atoms with Crippen LogP contribution in [0.15, 0.2) is 0 Å². The van der Waals surface area contributed by atoms with Crippen LogP contribution in [-0.2, 0) is 28.8 Å². The second kappa shape index (κ2) is 10.9. The highest BCUT2D eigenvalue weighted by Gasteiger charge is 2.36. The van der Waals surface area contributed by atoms with Crippen molar-refractivity contribution in [2.24, 2.45) is 11.5 Å². The van der Waals surface area contributed by atoms with Gasteiger partial charge in [-0.1, -0.05) is 0 Å². The van der Waals surface area contributed by atoms with Crippen LogP contribution >= 0.6 is 0 Å². The quantitative estimate of drug-likeness (QED) is 0.199. The molecule has 0 aromatic rings. The van der Waals surface area contributed by atoms with E-state index in [0.29, 0.717) is 12.8 Å². The first-order chi connectivity index (χ1) is 13.5. The molecule has 1 rings (SSSR count). The maximum atomic E-state index is 12.4. The van der Waals surface area contributed by atoms with Crippen LogP contribution in [0, 0.1) is 0 Å². The highest BCUT2D eigenvalue weighted by atomic mass is 16.4. The van der Waals surface area contributed by atoms with E-state index in [2.05, 4.69) is 10.6 Å².